The van der Waals surface area contributed by atoms with Gasteiger partial charge in [-0.2, -0.15) is 127 Å². The number of fused-ring (bicyclic) bond motifs is 9. The summed E-state index contributed by atoms with van der Waals surface area (Å²) < 4.78 is 0. The van der Waals surface area contributed by atoms with Crippen molar-refractivity contribution in [3.8, 4) is 66.8 Å². The van der Waals surface area contributed by atoms with Crippen LogP contribution in [-0.4, -0.2) is 92.8 Å². The maximum atomic E-state index is 3.43. The molecule has 0 spiro atoms. The average Bonchev–Trinajstić information content (AvgIpc) is 1.63. The fourth-order valence-electron chi connectivity index (χ4n) is 14.9. The summed E-state index contributed by atoms with van der Waals surface area (Å²) in [5.74, 6) is 0. The summed E-state index contributed by atoms with van der Waals surface area (Å²) in [5, 5.41) is 0. The second-order valence-electron chi connectivity index (χ2n) is 28.2. The van der Waals surface area contributed by atoms with Gasteiger partial charge in [-0.1, -0.05) is 265 Å². The molecule has 3 aliphatic rings. The van der Waals surface area contributed by atoms with Crippen LogP contribution in [0, 0.1) is 36.4 Å². The summed E-state index contributed by atoms with van der Waals surface area (Å²) in [6.45, 7) is 56.3. The molecule has 0 aromatic heterocycles. The maximum absolute atomic E-state index is 3.43. The summed E-state index contributed by atoms with van der Waals surface area (Å²) in [6, 6.07) is 105. The minimum Gasteiger partial charge on any atom is -0.307 e. The Morgan fingerprint density at radius 2 is 0.520 bits per heavy atom. The standard InChI is InChI=1S/3C31H30N2.12C2H6.CH4.3Y/c1-32(2)21-27-17-23(18-31-29-16-10-7-13-25(29)19-30(27)31)20-33(3)22-26-14-8-9-15-28(26)24-11-5-4-6-12-24;1-32(2)22-28-17-24(18-31-29-15-8-7-13-27(29)19-30(28)31)21-33(3)20-23-10-9-14-26(16-23)25-11-5-4-6-12-25;1-32(2)22-28-17-24(18-31-29-12-8-7-11-27(29)19-30(28)31)21-33(3)20-23-13-15-26(16-14-23)25-9-5-4-6-10-25;12*1-2;;;;/h4-11,13-14,16-18H,19-22H2,1-3H3;4-11,13,15-18H,19-22H2,1-3H3;4-9,11-15,17-18H,19-22H2,1-3H3;12*1-2H3;1H4;;;/q3*-2;;;;;;;;;;;;;;;;. The average molecular weight is 1940 g/mol. The third-order valence-corrected chi connectivity index (χ3v) is 19.1. The van der Waals surface area contributed by atoms with E-state index in [-0.39, 0.29) is 106 Å². The van der Waals surface area contributed by atoms with E-state index >= 15 is 0 Å². The molecule has 0 bridgehead atoms. The molecule has 0 N–H and O–H groups in total. The van der Waals surface area contributed by atoms with Crippen molar-refractivity contribution in [2.45, 2.75) is 252 Å². The SMILES string of the molecule is C.CC.CC.CC.CC.CC.CC.CC.CC.CC.CC.CC.CC.CN(C)Cc1cc(CN(C)Cc2c[c-]c(-c3[c-]cccc3)cc2)cc2c1Cc1ccccc1-2.CN(C)Cc1cc(CN(C)Cc2cc[c-]c(-c3[c-]cccc3)c2)cc2c1Cc1ccccc1-2.CN(C)Cc1cc(CN(C)Cc2ccc[c-]c2-c2[c-]cccc2)cc2c1Cc1ccccc1-2.[Y].[Y].[Y]. The summed E-state index contributed by atoms with van der Waals surface area (Å²) in [4.78, 5) is 14.0. The summed E-state index contributed by atoms with van der Waals surface area (Å²) in [5.41, 5.74) is 36.2. The second kappa shape index (κ2) is 75.3. The van der Waals surface area contributed by atoms with E-state index in [9.17, 15) is 0 Å². The molecule has 127 heavy (non-hydrogen) atoms. The number of hydrogen-bond acceptors (Lipinski definition) is 6. The molecule has 3 aliphatic carbocycles. The molecular weight excluding hydrogens is 1770 g/mol. The van der Waals surface area contributed by atoms with Crippen molar-refractivity contribution in [1.29, 1.82) is 0 Å². The number of rotatable bonds is 21. The Bertz CT molecular complexity index is 4730. The monoisotopic (exact) mass is 1930 g/mol. The quantitative estimate of drug-likeness (QED) is 0.0663. The predicted octanol–water partition coefficient (Wildman–Crippen LogP) is 31.6. The third kappa shape index (κ3) is 40.8. The molecule has 12 aromatic carbocycles. The van der Waals surface area contributed by atoms with E-state index in [1.165, 1.54) is 117 Å². The van der Waals surface area contributed by atoms with Crippen molar-refractivity contribution in [3.05, 3.63) is 356 Å². The van der Waals surface area contributed by atoms with Crippen molar-refractivity contribution in [2.24, 2.45) is 0 Å². The van der Waals surface area contributed by atoms with Crippen LogP contribution in [0.2, 0.25) is 0 Å². The second-order valence-corrected chi connectivity index (χ2v) is 28.2. The summed E-state index contributed by atoms with van der Waals surface area (Å²) in [7, 11) is 19.5. The molecule has 0 atom stereocenters. The van der Waals surface area contributed by atoms with Crippen molar-refractivity contribution < 1.29 is 98.1 Å². The van der Waals surface area contributed by atoms with Crippen molar-refractivity contribution >= 4 is 0 Å². The molecule has 0 unspecified atom stereocenters. The zero-order chi connectivity index (χ0) is 92.4. The van der Waals surface area contributed by atoms with Gasteiger partial charge < -0.3 is 24.5 Å². The number of nitrogens with zero attached hydrogens (tertiary/aromatic N) is 6. The molecule has 0 saturated heterocycles. The van der Waals surface area contributed by atoms with Gasteiger partial charge in [-0.15, -0.1) is 53.6 Å². The van der Waals surface area contributed by atoms with Crippen LogP contribution in [-0.2, 0) is 176 Å². The number of hydrogen-bond donors (Lipinski definition) is 0. The van der Waals surface area contributed by atoms with Crippen LogP contribution in [0.5, 0.6) is 0 Å². The first-order valence-electron chi connectivity index (χ1n) is 46.8. The molecular formula is C118H166N6Y3-6. The van der Waals surface area contributed by atoms with Crippen LogP contribution in [0.4, 0.5) is 0 Å². The van der Waals surface area contributed by atoms with Gasteiger partial charge >= 0.3 is 0 Å². The molecule has 0 saturated carbocycles. The van der Waals surface area contributed by atoms with Crippen molar-refractivity contribution in [2.75, 3.05) is 63.4 Å². The van der Waals surface area contributed by atoms with Crippen LogP contribution >= 0.6 is 0 Å². The normalized spacial score (nSPS) is 10.1. The van der Waals surface area contributed by atoms with E-state index in [1.807, 2.05) is 221 Å². The third-order valence-electron chi connectivity index (χ3n) is 19.1. The van der Waals surface area contributed by atoms with Gasteiger partial charge in [0.25, 0.3) is 0 Å². The fourth-order valence-corrected chi connectivity index (χ4v) is 14.9. The molecule has 0 amide bonds. The van der Waals surface area contributed by atoms with Gasteiger partial charge in [-0.05, 0) is 214 Å². The Kier molecular flexibility index (Phi) is 75.3. The fraction of sp³-hybridized carbons (Fsp3) is 0.390. The van der Waals surface area contributed by atoms with Gasteiger partial charge in [0.2, 0.25) is 0 Å². The van der Waals surface area contributed by atoms with E-state index in [1.54, 1.807) is 0 Å². The van der Waals surface area contributed by atoms with Gasteiger partial charge in [-0.25, -0.2) is 33.4 Å². The molecule has 12 aromatic rings. The maximum Gasteiger partial charge on any atom is 0.0233 e. The minimum atomic E-state index is 0. The van der Waals surface area contributed by atoms with E-state index in [4.69, 9.17) is 0 Å². The zero-order valence-electron chi connectivity index (χ0n) is 84.9. The molecule has 0 fully saturated rings. The van der Waals surface area contributed by atoms with Gasteiger partial charge in [0, 0.05) is 144 Å². The Balaban J connectivity index is -0.000000785. The molecule has 683 valence electrons. The van der Waals surface area contributed by atoms with Crippen molar-refractivity contribution in [3.63, 3.8) is 0 Å². The molecule has 6 nitrogen and oxygen atoms in total. The van der Waals surface area contributed by atoms with Crippen LogP contribution in [0.15, 0.2) is 237 Å². The van der Waals surface area contributed by atoms with Gasteiger partial charge in [-0.3, -0.25) is 4.90 Å². The van der Waals surface area contributed by atoms with Crippen LogP contribution in [0.3, 0.4) is 0 Å². The Labute approximate surface area is 857 Å². The summed E-state index contributed by atoms with van der Waals surface area (Å²) >= 11 is 0. The molecule has 3 radical (unpaired) electrons. The van der Waals surface area contributed by atoms with Crippen molar-refractivity contribution in [1.82, 2.24) is 29.4 Å². The molecule has 15 rings (SSSR count). The van der Waals surface area contributed by atoms with E-state index in [0.717, 1.165) is 112 Å². The van der Waals surface area contributed by atoms with Gasteiger partial charge in [0.1, 0.15) is 0 Å². The van der Waals surface area contributed by atoms with Gasteiger partial charge in [0.15, 0.2) is 0 Å². The zero-order valence-corrected chi connectivity index (χ0v) is 93.4. The van der Waals surface area contributed by atoms with Crippen LogP contribution in [0.25, 0.3) is 66.8 Å². The predicted molar refractivity (Wildman–Crippen MR) is 553 cm³/mol. The minimum absolute atomic E-state index is 0. The Morgan fingerprint density at radius 3 is 0.858 bits per heavy atom. The first kappa shape index (κ1) is 127. The first-order valence-corrected chi connectivity index (χ1v) is 46.8. The van der Waals surface area contributed by atoms with E-state index < -0.39 is 0 Å². The topological polar surface area (TPSA) is 19.4 Å². The first-order chi connectivity index (χ1) is 60.2. The van der Waals surface area contributed by atoms with E-state index in [2.05, 4.69) is 311 Å². The summed E-state index contributed by atoms with van der Waals surface area (Å²) in [6.07, 6.45) is 3.14. The largest absolute Gasteiger partial charge is 0.307 e. The van der Waals surface area contributed by atoms with Crippen LogP contribution < -0.4 is 0 Å². The molecule has 0 heterocycles. The smallest absolute Gasteiger partial charge is 0.0233 e. The Morgan fingerprint density at radius 1 is 0.220 bits per heavy atom. The Hall–Kier alpha value is -6.29. The van der Waals surface area contributed by atoms with Crippen LogP contribution in [0.1, 0.15) is 257 Å². The van der Waals surface area contributed by atoms with E-state index in [0.29, 0.717) is 0 Å². The number of benzene rings is 12. The molecule has 9 heteroatoms. The molecule has 0 aliphatic heterocycles. The van der Waals surface area contributed by atoms with Gasteiger partial charge in [0.05, 0.1) is 0 Å².